The zero-order chi connectivity index (χ0) is 18.8. The molecule has 3 aromatic rings. The van der Waals surface area contributed by atoms with Gasteiger partial charge in [0.1, 0.15) is 0 Å². The number of nitrogens with zero attached hydrogens (tertiary/aromatic N) is 3. The van der Waals surface area contributed by atoms with Gasteiger partial charge in [0.2, 0.25) is 0 Å². The molecule has 140 valence electrons. The summed E-state index contributed by atoms with van der Waals surface area (Å²) in [5, 5.41) is 0. The van der Waals surface area contributed by atoms with Crippen molar-refractivity contribution in [2.24, 2.45) is 7.05 Å². The van der Waals surface area contributed by atoms with E-state index in [-0.39, 0.29) is 5.56 Å². The van der Waals surface area contributed by atoms with Crippen molar-refractivity contribution in [3.8, 4) is 5.69 Å². The van der Waals surface area contributed by atoms with Gasteiger partial charge in [-0.2, -0.15) is 0 Å². The van der Waals surface area contributed by atoms with Crippen LogP contribution in [0.1, 0.15) is 16.8 Å². The third kappa shape index (κ3) is 3.43. The zero-order valence-corrected chi connectivity index (χ0v) is 15.9. The summed E-state index contributed by atoms with van der Waals surface area (Å²) in [7, 11) is 1.94. The molecule has 0 saturated carbocycles. The Kier molecular flexibility index (Phi) is 4.86. The van der Waals surface area contributed by atoms with Gasteiger partial charge in [0, 0.05) is 43.5 Å². The molecule has 1 aliphatic heterocycles. The van der Waals surface area contributed by atoms with Crippen molar-refractivity contribution in [1.82, 2.24) is 9.36 Å². The molecule has 0 atom stereocenters. The fourth-order valence-electron chi connectivity index (χ4n) is 3.68. The van der Waals surface area contributed by atoms with E-state index >= 15 is 0 Å². The number of anilines is 1. The van der Waals surface area contributed by atoms with E-state index in [1.54, 1.807) is 4.68 Å². The molecule has 0 amide bonds. The normalized spacial score (nSPS) is 14.5. The van der Waals surface area contributed by atoms with E-state index in [4.69, 9.17) is 4.74 Å². The molecule has 27 heavy (non-hydrogen) atoms. The lowest BCUT2D eigenvalue weighted by atomic mass is 10.0. The van der Waals surface area contributed by atoms with Crippen molar-refractivity contribution in [3.05, 3.63) is 81.8 Å². The first-order valence-corrected chi connectivity index (χ1v) is 9.39. The largest absolute Gasteiger partial charge is 0.378 e. The maximum absolute atomic E-state index is 13.0. The second-order valence-corrected chi connectivity index (χ2v) is 6.98. The number of benzene rings is 2. The number of aromatic nitrogens is 2. The summed E-state index contributed by atoms with van der Waals surface area (Å²) in [6.07, 6.45) is 0.641. The van der Waals surface area contributed by atoms with Gasteiger partial charge in [-0.15, -0.1) is 0 Å². The average Bonchev–Trinajstić information content (AvgIpc) is 2.93. The fraction of sp³-hybridized carbons (Fsp3) is 0.318. The van der Waals surface area contributed by atoms with Gasteiger partial charge in [-0.1, -0.05) is 30.3 Å². The number of para-hydroxylation sites is 1. The van der Waals surface area contributed by atoms with Gasteiger partial charge in [-0.25, -0.2) is 4.68 Å². The van der Waals surface area contributed by atoms with Gasteiger partial charge in [-0.3, -0.25) is 9.48 Å². The Morgan fingerprint density at radius 3 is 2.26 bits per heavy atom. The van der Waals surface area contributed by atoms with Crippen LogP contribution in [-0.4, -0.2) is 35.7 Å². The second kappa shape index (κ2) is 7.45. The molecule has 0 aliphatic carbocycles. The van der Waals surface area contributed by atoms with Gasteiger partial charge in [0.25, 0.3) is 5.56 Å². The van der Waals surface area contributed by atoms with Gasteiger partial charge in [-0.05, 0) is 36.8 Å². The molecule has 1 fully saturated rings. The Morgan fingerprint density at radius 2 is 1.59 bits per heavy atom. The van der Waals surface area contributed by atoms with Crippen molar-refractivity contribution in [2.45, 2.75) is 13.3 Å². The van der Waals surface area contributed by atoms with Gasteiger partial charge in [0.05, 0.1) is 18.9 Å². The third-order valence-corrected chi connectivity index (χ3v) is 5.37. The molecule has 1 saturated heterocycles. The maximum Gasteiger partial charge on any atom is 0.275 e. The van der Waals surface area contributed by atoms with Crippen molar-refractivity contribution in [2.75, 3.05) is 31.2 Å². The SMILES string of the molecule is Cc1c(Cc2ccc(N3CCOCC3)cc2)c(=O)n(-c2ccccc2)n1C. The fourth-order valence-corrected chi connectivity index (χ4v) is 3.68. The molecule has 0 bridgehead atoms. The van der Waals surface area contributed by atoms with E-state index in [0.29, 0.717) is 6.42 Å². The molecule has 4 rings (SSSR count). The Hall–Kier alpha value is -2.79. The number of hydrogen-bond donors (Lipinski definition) is 0. The van der Waals surface area contributed by atoms with Crippen LogP contribution in [0, 0.1) is 6.92 Å². The van der Waals surface area contributed by atoms with Crippen LogP contribution in [0.3, 0.4) is 0 Å². The highest BCUT2D eigenvalue weighted by atomic mass is 16.5. The van der Waals surface area contributed by atoms with E-state index in [9.17, 15) is 4.79 Å². The minimum Gasteiger partial charge on any atom is -0.378 e. The predicted molar refractivity (Wildman–Crippen MR) is 108 cm³/mol. The lowest BCUT2D eigenvalue weighted by Crippen LogP contribution is -2.36. The van der Waals surface area contributed by atoms with Crippen LogP contribution in [0.5, 0.6) is 0 Å². The second-order valence-electron chi connectivity index (χ2n) is 6.98. The Bertz CT molecular complexity index is 965. The van der Waals surface area contributed by atoms with E-state index in [1.807, 2.05) is 49.0 Å². The number of rotatable bonds is 4. The molecule has 1 aromatic heterocycles. The molecule has 1 aliphatic rings. The van der Waals surface area contributed by atoms with Gasteiger partial charge < -0.3 is 9.64 Å². The molecule has 2 aromatic carbocycles. The molecular formula is C22H25N3O2. The predicted octanol–water partition coefficient (Wildman–Crippen LogP) is 2.91. The molecule has 2 heterocycles. The smallest absolute Gasteiger partial charge is 0.275 e. The zero-order valence-electron chi connectivity index (χ0n) is 15.9. The van der Waals surface area contributed by atoms with E-state index in [0.717, 1.165) is 48.8 Å². The van der Waals surface area contributed by atoms with Crippen LogP contribution in [0.25, 0.3) is 5.69 Å². The molecule has 0 spiro atoms. The summed E-state index contributed by atoms with van der Waals surface area (Å²) in [6, 6.07) is 18.3. The first-order valence-electron chi connectivity index (χ1n) is 9.39. The summed E-state index contributed by atoms with van der Waals surface area (Å²) in [6.45, 7) is 5.43. The van der Waals surface area contributed by atoms with Gasteiger partial charge >= 0.3 is 0 Å². The van der Waals surface area contributed by atoms with Crippen LogP contribution in [0.4, 0.5) is 5.69 Å². The first kappa shape index (κ1) is 17.6. The molecule has 5 heteroatoms. The van der Waals surface area contributed by atoms with Gasteiger partial charge in [0.15, 0.2) is 0 Å². The molecule has 0 N–H and O–H groups in total. The van der Waals surface area contributed by atoms with Crippen molar-refractivity contribution in [3.63, 3.8) is 0 Å². The van der Waals surface area contributed by atoms with Crippen LogP contribution in [-0.2, 0) is 18.2 Å². The quantitative estimate of drug-likeness (QED) is 0.716. The van der Waals surface area contributed by atoms with Crippen LogP contribution in [0.15, 0.2) is 59.4 Å². The summed E-state index contributed by atoms with van der Waals surface area (Å²) < 4.78 is 9.10. The third-order valence-electron chi connectivity index (χ3n) is 5.37. The number of ether oxygens (including phenoxy) is 1. The Morgan fingerprint density at radius 1 is 0.926 bits per heavy atom. The molecule has 5 nitrogen and oxygen atoms in total. The van der Waals surface area contributed by atoms with Crippen LogP contribution in [0.2, 0.25) is 0 Å². The minimum atomic E-state index is 0.0541. The highest BCUT2D eigenvalue weighted by Crippen LogP contribution is 2.19. The molecular weight excluding hydrogens is 338 g/mol. The van der Waals surface area contributed by atoms with Crippen molar-refractivity contribution < 1.29 is 4.74 Å². The summed E-state index contributed by atoms with van der Waals surface area (Å²) in [4.78, 5) is 15.4. The monoisotopic (exact) mass is 363 g/mol. The lowest BCUT2D eigenvalue weighted by molar-refractivity contribution is 0.122. The standard InChI is InChI=1S/C22H25N3O2/c1-17-21(22(26)25(23(17)2)20-6-4-3-5-7-20)16-18-8-10-19(11-9-18)24-12-14-27-15-13-24/h3-11H,12-16H2,1-2H3. The maximum atomic E-state index is 13.0. The summed E-state index contributed by atoms with van der Waals surface area (Å²) in [5.74, 6) is 0. The van der Waals surface area contributed by atoms with E-state index in [1.165, 1.54) is 5.69 Å². The highest BCUT2D eigenvalue weighted by Gasteiger charge is 2.17. The minimum absolute atomic E-state index is 0.0541. The van der Waals surface area contributed by atoms with E-state index < -0.39 is 0 Å². The van der Waals surface area contributed by atoms with Crippen LogP contribution < -0.4 is 10.5 Å². The van der Waals surface area contributed by atoms with E-state index in [2.05, 4.69) is 29.2 Å². The number of morpholine rings is 1. The van der Waals surface area contributed by atoms with Crippen LogP contribution >= 0.6 is 0 Å². The number of hydrogen-bond acceptors (Lipinski definition) is 3. The summed E-state index contributed by atoms with van der Waals surface area (Å²) >= 11 is 0. The molecule has 0 radical (unpaired) electrons. The lowest BCUT2D eigenvalue weighted by Gasteiger charge is -2.28. The average molecular weight is 363 g/mol. The van der Waals surface area contributed by atoms with Crippen molar-refractivity contribution in [1.29, 1.82) is 0 Å². The van der Waals surface area contributed by atoms with Crippen molar-refractivity contribution >= 4 is 5.69 Å². The topological polar surface area (TPSA) is 39.4 Å². The first-order chi connectivity index (χ1) is 13.1. The summed E-state index contributed by atoms with van der Waals surface area (Å²) in [5.41, 5.74) is 5.16. The Balaban J connectivity index is 1.60. The Labute approximate surface area is 159 Å². The highest BCUT2D eigenvalue weighted by molar-refractivity contribution is 5.48. The molecule has 0 unspecified atom stereocenters.